The van der Waals surface area contributed by atoms with Gasteiger partial charge in [0.1, 0.15) is 0 Å². The predicted octanol–water partition coefficient (Wildman–Crippen LogP) is 2.09. The second kappa shape index (κ2) is 3.94. The van der Waals surface area contributed by atoms with Crippen LogP contribution in [0.5, 0.6) is 0 Å². The van der Waals surface area contributed by atoms with Gasteiger partial charge in [-0.15, -0.1) is 0 Å². The van der Waals surface area contributed by atoms with Crippen molar-refractivity contribution in [3.63, 3.8) is 0 Å². The van der Waals surface area contributed by atoms with Crippen LogP contribution in [-0.4, -0.2) is 9.78 Å². The molecule has 0 aliphatic carbocycles. The van der Waals surface area contributed by atoms with Gasteiger partial charge in [0.2, 0.25) is 0 Å². The average molecular weight is 252 g/mol. The molecule has 1 aromatic heterocycles. The molecule has 0 saturated carbocycles. The van der Waals surface area contributed by atoms with Gasteiger partial charge in [-0.2, -0.15) is 5.10 Å². The van der Waals surface area contributed by atoms with E-state index in [0.29, 0.717) is 6.54 Å². The topological polar surface area (TPSA) is 43.8 Å². The number of rotatable bonds is 2. The SMILES string of the molecule is NCc1nn(-c2ccccc2)cc1Br. The lowest BCUT2D eigenvalue weighted by molar-refractivity contribution is 0.833. The summed E-state index contributed by atoms with van der Waals surface area (Å²) in [6.07, 6.45) is 1.91. The normalized spacial score (nSPS) is 10.4. The Morgan fingerprint density at radius 1 is 1.29 bits per heavy atom. The van der Waals surface area contributed by atoms with Crippen LogP contribution in [0.15, 0.2) is 41.0 Å². The number of para-hydroxylation sites is 1. The lowest BCUT2D eigenvalue weighted by Crippen LogP contribution is -2.00. The van der Waals surface area contributed by atoms with Crippen LogP contribution in [0.4, 0.5) is 0 Å². The first-order valence-electron chi connectivity index (χ1n) is 4.31. The zero-order valence-electron chi connectivity index (χ0n) is 7.52. The van der Waals surface area contributed by atoms with Crippen LogP contribution in [0.1, 0.15) is 5.69 Å². The molecule has 2 rings (SSSR count). The summed E-state index contributed by atoms with van der Waals surface area (Å²) in [7, 11) is 0. The Balaban J connectivity index is 2.43. The number of hydrogen-bond acceptors (Lipinski definition) is 2. The van der Waals surface area contributed by atoms with Gasteiger partial charge in [-0.25, -0.2) is 4.68 Å². The maximum absolute atomic E-state index is 5.54. The molecule has 14 heavy (non-hydrogen) atoms. The van der Waals surface area contributed by atoms with Crippen LogP contribution in [0.2, 0.25) is 0 Å². The smallest absolute Gasteiger partial charge is 0.0906 e. The fourth-order valence-electron chi connectivity index (χ4n) is 1.24. The van der Waals surface area contributed by atoms with E-state index >= 15 is 0 Å². The number of halogens is 1. The Labute approximate surface area is 90.7 Å². The number of benzene rings is 1. The van der Waals surface area contributed by atoms with E-state index in [4.69, 9.17) is 5.73 Å². The maximum Gasteiger partial charge on any atom is 0.0906 e. The monoisotopic (exact) mass is 251 g/mol. The van der Waals surface area contributed by atoms with Crippen LogP contribution in [-0.2, 0) is 6.54 Å². The van der Waals surface area contributed by atoms with Crippen molar-refractivity contribution in [2.45, 2.75) is 6.54 Å². The number of hydrogen-bond donors (Lipinski definition) is 1. The molecule has 0 aliphatic heterocycles. The summed E-state index contributed by atoms with van der Waals surface area (Å²) in [6.45, 7) is 0.445. The third-order valence-corrected chi connectivity index (χ3v) is 2.62. The standard InChI is InChI=1S/C10H10BrN3/c11-9-7-14(13-10(9)6-12)8-4-2-1-3-5-8/h1-5,7H,6,12H2. The minimum Gasteiger partial charge on any atom is -0.325 e. The minimum absolute atomic E-state index is 0.445. The van der Waals surface area contributed by atoms with Crippen molar-refractivity contribution in [3.05, 3.63) is 46.7 Å². The highest BCUT2D eigenvalue weighted by Crippen LogP contribution is 2.17. The molecule has 3 nitrogen and oxygen atoms in total. The van der Waals surface area contributed by atoms with Crippen molar-refractivity contribution in [1.29, 1.82) is 0 Å². The van der Waals surface area contributed by atoms with Gasteiger partial charge in [-0.05, 0) is 28.1 Å². The lowest BCUT2D eigenvalue weighted by atomic mass is 10.3. The van der Waals surface area contributed by atoms with Crippen molar-refractivity contribution in [2.24, 2.45) is 5.73 Å². The Bertz CT molecular complexity index is 422. The number of nitrogens with zero attached hydrogens (tertiary/aromatic N) is 2. The Morgan fingerprint density at radius 2 is 2.00 bits per heavy atom. The molecular weight excluding hydrogens is 242 g/mol. The molecule has 0 radical (unpaired) electrons. The molecule has 72 valence electrons. The van der Waals surface area contributed by atoms with E-state index in [9.17, 15) is 0 Å². The zero-order chi connectivity index (χ0) is 9.97. The van der Waals surface area contributed by atoms with Crippen molar-refractivity contribution < 1.29 is 0 Å². The summed E-state index contributed by atoms with van der Waals surface area (Å²) in [5.74, 6) is 0. The van der Waals surface area contributed by atoms with Crippen LogP contribution >= 0.6 is 15.9 Å². The highest BCUT2D eigenvalue weighted by atomic mass is 79.9. The molecule has 1 heterocycles. The quantitative estimate of drug-likeness (QED) is 0.889. The molecule has 0 bridgehead atoms. The summed E-state index contributed by atoms with van der Waals surface area (Å²) < 4.78 is 2.76. The Morgan fingerprint density at radius 3 is 2.57 bits per heavy atom. The molecule has 2 N–H and O–H groups in total. The van der Waals surface area contributed by atoms with Crippen molar-refractivity contribution in [1.82, 2.24) is 9.78 Å². The molecule has 0 fully saturated rings. The molecule has 4 heteroatoms. The Kier molecular flexibility index (Phi) is 2.65. The first-order chi connectivity index (χ1) is 6.81. The number of nitrogens with two attached hydrogens (primary N) is 1. The van der Waals surface area contributed by atoms with E-state index < -0.39 is 0 Å². The highest BCUT2D eigenvalue weighted by molar-refractivity contribution is 9.10. The first-order valence-corrected chi connectivity index (χ1v) is 5.10. The number of aromatic nitrogens is 2. The third-order valence-electron chi connectivity index (χ3n) is 1.95. The average Bonchev–Trinajstić information content (AvgIpc) is 2.61. The van der Waals surface area contributed by atoms with Crippen LogP contribution in [0.25, 0.3) is 5.69 Å². The largest absolute Gasteiger partial charge is 0.325 e. The van der Waals surface area contributed by atoms with Crippen LogP contribution < -0.4 is 5.73 Å². The molecule has 0 unspecified atom stereocenters. The van der Waals surface area contributed by atoms with Gasteiger partial charge in [-0.1, -0.05) is 18.2 Å². The van der Waals surface area contributed by atoms with Gasteiger partial charge in [0.25, 0.3) is 0 Å². The molecule has 0 atom stereocenters. The Hall–Kier alpha value is -1.13. The van der Waals surface area contributed by atoms with E-state index in [1.165, 1.54) is 0 Å². The van der Waals surface area contributed by atoms with Gasteiger partial charge in [-0.3, -0.25) is 0 Å². The molecule has 0 spiro atoms. The van der Waals surface area contributed by atoms with E-state index in [1.807, 2.05) is 41.2 Å². The molecule has 0 amide bonds. The van der Waals surface area contributed by atoms with E-state index in [1.54, 1.807) is 0 Å². The molecule has 0 saturated heterocycles. The zero-order valence-corrected chi connectivity index (χ0v) is 9.11. The van der Waals surface area contributed by atoms with Crippen molar-refractivity contribution in [3.8, 4) is 5.69 Å². The maximum atomic E-state index is 5.54. The van der Waals surface area contributed by atoms with Crippen molar-refractivity contribution >= 4 is 15.9 Å². The second-order valence-electron chi connectivity index (χ2n) is 2.91. The highest BCUT2D eigenvalue weighted by Gasteiger charge is 2.04. The van der Waals surface area contributed by atoms with E-state index in [-0.39, 0.29) is 0 Å². The molecule has 0 aliphatic rings. The van der Waals surface area contributed by atoms with Crippen molar-refractivity contribution in [2.75, 3.05) is 0 Å². The van der Waals surface area contributed by atoms with E-state index in [0.717, 1.165) is 15.9 Å². The third kappa shape index (κ3) is 1.71. The van der Waals surface area contributed by atoms with Gasteiger partial charge in [0.05, 0.1) is 15.9 Å². The van der Waals surface area contributed by atoms with Gasteiger partial charge in [0, 0.05) is 12.7 Å². The lowest BCUT2D eigenvalue weighted by Gasteiger charge is -1.98. The summed E-state index contributed by atoms with van der Waals surface area (Å²) in [5, 5.41) is 4.34. The van der Waals surface area contributed by atoms with Crippen LogP contribution in [0, 0.1) is 0 Å². The summed E-state index contributed by atoms with van der Waals surface area (Å²) >= 11 is 3.41. The summed E-state index contributed by atoms with van der Waals surface area (Å²) in [6, 6.07) is 9.94. The predicted molar refractivity (Wildman–Crippen MR) is 59.2 cm³/mol. The fraction of sp³-hybridized carbons (Fsp3) is 0.100. The summed E-state index contributed by atoms with van der Waals surface area (Å²) in [5.41, 5.74) is 7.44. The molecule has 2 aromatic rings. The van der Waals surface area contributed by atoms with Gasteiger partial charge >= 0.3 is 0 Å². The molecular formula is C10H10BrN3. The van der Waals surface area contributed by atoms with Gasteiger partial charge < -0.3 is 5.73 Å². The van der Waals surface area contributed by atoms with Gasteiger partial charge in [0.15, 0.2) is 0 Å². The minimum atomic E-state index is 0.445. The second-order valence-corrected chi connectivity index (χ2v) is 3.76. The molecule has 1 aromatic carbocycles. The first kappa shape index (κ1) is 9.43. The van der Waals surface area contributed by atoms with E-state index in [2.05, 4.69) is 21.0 Å². The fourth-order valence-corrected chi connectivity index (χ4v) is 1.67. The van der Waals surface area contributed by atoms with Crippen LogP contribution in [0.3, 0.4) is 0 Å². The summed E-state index contributed by atoms with van der Waals surface area (Å²) in [4.78, 5) is 0.